The predicted octanol–water partition coefficient (Wildman–Crippen LogP) is 0.507. The van der Waals surface area contributed by atoms with Gasteiger partial charge in [-0.1, -0.05) is 18.6 Å². The number of carbonyl (C=O) groups is 1. The van der Waals surface area contributed by atoms with Gasteiger partial charge in [0.2, 0.25) is 11.9 Å². The SMILES string of the molecule is CCCC(N)c1cn(CC(=O)Nc2ncccn2)nn1. The topological polar surface area (TPSA) is 112 Å². The van der Waals surface area contributed by atoms with Crippen molar-refractivity contribution < 1.29 is 4.79 Å². The molecule has 0 fully saturated rings. The van der Waals surface area contributed by atoms with Crippen molar-refractivity contribution in [3.8, 4) is 0 Å². The lowest BCUT2D eigenvalue weighted by Crippen LogP contribution is -2.20. The van der Waals surface area contributed by atoms with Crippen LogP contribution in [-0.2, 0) is 11.3 Å². The molecule has 3 N–H and O–H groups in total. The van der Waals surface area contributed by atoms with Crippen molar-refractivity contribution in [3.63, 3.8) is 0 Å². The number of carbonyl (C=O) groups excluding carboxylic acids is 1. The van der Waals surface area contributed by atoms with Crippen LogP contribution < -0.4 is 11.1 Å². The van der Waals surface area contributed by atoms with E-state index in [1.807, 2.05) is 0 Å². The van der Waals surface area contributed by atoms with Gasteiger partial charge in [-0.2, -0.15) is 0 Å². The van der Waals surface area contributed by atoms with Gasteiger partial charge in [0.1, 0.15) is 6.54 Å². The first-order chi connectivity index (χ1) is 9.69. The Morgan fingerprint density at radius 1 is 1.45 bits per heavy atom. The quantitative estimate of drug-likeness (QED) is 0.794. The molecule has 1 amide bonds. The summed E-state index contributed by atoms with van der Waals surface area (Å²) in [5, 5.41) is 10.4. The molecule has 0 aromatic carbocycles. The van der Waals surface area contributed by atoms with E-state index in [2.05, 4.69) is 32.5 Å². The van der Waals surface area contributed by atoms with Gasteiger partial charge in [-0.05, 0) is 12.5 Å². The van der Waals surface area contributed by atoms with Gasteiger partial charge in [0.25, 0.3) is 0 Å². The Kier molecular flexibility index (Phi) is 4.72. The molecule has 2 aromatic heterocycles. The zero-order chi connectivity index (χ0) is 14.4. The van der Waals surface area contributed by atoms with E-state index in [1.54, 1.807) is 24.7 Å². The van der Waals surface area contributed by atoms with Crippen molar-refractivity contribution in [3.05, 3.63) is 30.4 Å². The first-order valence-electron chi connectivity index (χ1n) is 6.41. The normalized spacial score (nSPS) is 12.1. The number of anilines is 1. The van der Waals surface area contributed by atoms with Gasteiger partial charge in [0.05, 0.1) is 17.9 Å². The molecule has 20 heavy (non-hydrogen) atoms. The lowest BCUT2D eigenvalue weighted by atomic mass is 10.1. The number of nitrogens with zero attached hydrogens (tertiary/aromatic N) is 5. The number of amides is 1. The molecule has 0 bridgehead atoms. The monoisotopic (exact) mass is 275 g/mol. The van der Waals surface area contributed by atoms with Gasteiger partial charge in [-0.15, -0.1) is 5.10 Å². The Balaban J connectivity index is 1.92. The van der Waals surface area contributed by atoms with Crippen LogP contribution in [0.25, 0.3) is 0 Å². The maximum Gasteiger partial charge on any atom is 0.248 e. The smallest absolute Gasteiger partial charge is 0.248 e. The van der Waals surface area contributed by atoms with E-state index >= 15 is 0 Å². The third-order valence-electron chi connectivity index (χ3n) is 2.66. The Morgan fingerprint density at radius 2 is 2.20 bits per heavy atom. The molecule has 0 radical (unpaired) electrons. The van der Waals surface area contributed by atoms with E-state index in [1.165, 1.54) is 4.68 Å². The van der Waals surface area contributed by atoms with Crippen LogP contribution in [-0.4, -0.2) is 30.9 Å². The van der Waals surface area contributed by atoms with E-state index in [4.69, 9.17) is 5.73 Å². The van der Waals surface area contributed by atoms with E-state index in [9.17, 15) is 4.79 Å². The van der Waals surface area contributed by atoms with Crippen LogP contribution >= 0.6 is 0 Å². The van der Waals surface area contributed by atoms with Crippen molar-refractivity contribution in [2.45, 2.75) is 32.4 Å². The summed E-state index contributed by atoms with van der Waals surface area (Å²) in [4.78, 5) is 19.6. The second-order valence-electron chi connectivity index (χ2n) is 4.36. The number of hydrogen-bond donors (Lipinski definition) is 2. The maximum atomic E-state index is 11.8. The molecule has 106 valence electrons. The summed E-state index contributed by atoms with van der Waals surface area (Å²) in [6, 6.07) is 1.53. The molecule has 1 unspecified atom stereocenters. The fraction of sp³-hybridized carbons (Fsp3) is 0.417. The van der Waals surface area contributed by atoms with Gasteiger partial charge < -0.3 is 5.73 Å². The molecule has 0 aliphatic heterocycles. The fourth-order valence-electron chi connectivity index (χ4n) is 1.69. The summed E-state index contributed by atoms with van der Waals surface area (Å²) in [6.45, 7) is 2.10. The van der Waals surface area contributed by atoms with Crippen LogP contribution in [0, 0.1) is 0 Å². The first kappa shape index (κ1) is 14.1. The highest BCUT2D eigenvalue weighted by Gasteiger charge is 2.11. The minimum Gasteiger partial charge on any atom is -0.323 e. The summed E-state index contributed by atoms with van der Waals surface area (Å²) in [7, 11) is 0. The van der Waals surface area contributed by atoms with E-state index in [-0.39, 0.29) is 24.4 Å². The third kappa shape index (κ3) is 3.82. The Bertz CT molecular complexity index is 554. The van der Waals surface area contributed by atoms with E-state index in [0.717, 1.165) is 12.8 Å². The van der Waals surface area contributed by atoms with E-state index in [0.29, 0.717) is 5.69 Å². The van der Waals surface area contributed by atoms with Crippen LogP contribution in [0.15, 0.2) is 24.7 Å². The average molecular weight is 275 g/mol. The highest BCUT2D eigenvalue weighted by atomic mass is 16.2. The zero-order valence-electron chi connectivity index (χ0n) is 11.2. The number of hydrogen-bond acceptors (Lipinski definition) is 6. The largest absolute Gasteiger partial charge is 0.323 e. The minimum atomic E-state index is -0.267. The third-order valence-corrected chi connectivity index (χ3v) is 2.66. The minimum absolute atomic E-state index is 0.0457. The van der Waals surface area contributed by atoms with Crippen LogP contribution in [0.1, 0.15) is 31.5 Å². The molecular weight excluding hydrogens is 258 g/mol. The summed E-state index contributed by atoms with van der Waals surface area (Å²) < 4.78 is 1.45. The van der Waals surface area contributed by atoms with Crippen molar-refractivity contribution in [1.82, 2.24) is 25.0 Å². The molecular formula is C12H17N7O. The standard InChI is InChI=1S/C12H17N7O/c1-2-4-9(13)10-7-19(18-17-10)8-11(20)16-12-14-5-3-6-15-12/h3,5-7,9H,2,4,8,13H2,1H3,(H,14,15,16,20). The Hall–Kier alpha value is -2.35. The highest BCUT2D eigenvalue weighted by molar-refractivity contribution is 5.88. The Morgan fingerprint density at radius 3 is 2.90 bits per heavy atom. The van der Waals surface area contributed by atoms with Crippen molar-refractivity contribution in [2.24, 2.45) is 5.73 Å². The molecule has 0 aliphatic carbocycles. The predicted molar refractivity (Wildman–Crippen MR) is 72.5 cm³/mol. The molecule has 2 rings (SSSR count). The highest BCUT2D eigenvalue weighted by Crippen LogP contribution is 2.11. The molecule has 0 saturated carbocycles. The lowest BCUT2D eigenvalue weighted by molar-refractivity contribution is -0.117. The van der Waals surface area contributed by atoms with Crippen molar-refractivity contribution in [2.75, 3.05) is 5.32 Å². The number of rotatable bonds is 6. The molecule has 0 saturated heterocycles. The molecule has 2 aromatic rings. The summed E-state index contributed by atoms with van der Waals surface area (Å²) in [6.07, 6.45) is 6.61. The second kappa shape index (κ2) is 6.71. The fourth-order valence-corrected chi connectivity index (χ4v) is 1.69. The van der Waals surface area contributed by atoms with Crippen molar-refractivity contribution in [1.29, 1.82) is 0 Å². The van der Waals surface area contributed by atoms with Crippen LogP contribution in [0.4, 0.5) is 5.95 Å². The number of aromatic nitrogens is 5. The molecule has 0 spiro atoms. The molecule has 8 nitrogen and oxygen atoms in total. The summed E-state index contributed by atoms with van der Waals surface area (Å²) in [5.41, 5.74) is 6.63. The average Bonchev–Trinajstić information content (AvgIpc) is 2.88. The second-order valence-corrected chi connectivity index (χ2v) is 4.36. The number of nitrogens with one attached hydrogen (secondary N) is 1. The van der Waals surface area contributed by atoms with E-state index < -0.39 is 0 Å². The zero-order valence-corrected chi connectivity index (χ0v) is 11.2. The molecule has 0 aliphatic rings. The van der Waals surface area contributed by atoms with Gasteiger partial charge in [0.15, 0.2) is 0 Å². The molecule has 8 heteroatoms. The van der Waals surface area contributed by atoms with Crippen LogP contribution in [0.2, 0.25) is 0 Å². The summed E-state index contributed by atoms with van der Waals surface area (Å²) >= 11 is 0. The van der Waals surface area contributed by atoms with Gasteiger partial charge in [-0.3, -0.25) is 10.1 Å². The van der Waals surface area contributed by atoms with Gasteiger partial charge in [-0.25, -0.2) is 14.6 Å². The summed E-state index contributed by atoms with van der Waals surface area (Å²) in [5.74, 6) is -0.00256. The van der Waals surface area contributed by atoms with Gasteiger partial charge >= 0.3 is 0 Å². The molecule has 1 atom stereocenters. The van der Waals surface area contributed by atoms with Crippen LogP contribution in [0.5, 0.6) is 0 Å². The molecule has 2 heterocycles. The Labute approximate surface area is 116 Å². The van der Waals surface area contributed by atoms with Crippen molar-refractivity contribution >= 4 is 11.9 Å². The maximum absolute atomic E-state index is 11.8. The lowest BCUT2D eigenvalue weighted by Gasteiger charge is -2.04. The first-order valence-corrected chi connectivity index (χ1v) is 6.41. The van der Waals surface area contributed by atoms with Gasteiger partial charge in [0, 0.05) is 12.4 Å². The van der Waals surface area contributed by atoms with Crippen LogP contribution in [0.3, 0.4) is 0 Å². The number of nitrogens with two attached hydrogens (primary N) is 1.